The van der Waals surface area contributed by atoms with Crippen molar-refractivity contribution < 1.29 is 14.6 Å². The fourth-order valence-electron chi connectivity index (χ4n) is 1.66. The van der Waals surface area contributed by atoms with Crippen LogP contribution in [0, 0.1) is 5.41 Å². The first kappa shape index (κ1) is 10.8. The molecule has 0 spiro atoms. The van der Waals surface area contributed by atoms with Crippen molar-refractivity contribution in [3.8, 4) is 5.75 Å². The molecule has 0 amide bonds. The number of para-hydroxylation sites is 1. The normalized spacial score (nSPS) is 17.6. The number of anilines is 1. The Morgan fingerprint density at radius 2 is 2.25 bits per heavy atom. The highest BCUT2D eigenvalue weighted by Crippen LogP contribution is 2.33. The maximum atomic E-state index is 11.1. The van der Waals surface area contributed by atoms with Crippen LogP contribution in [-0.2, 0) is 0 Å². The van der Waals surface area contributed by atoms with E-state index in [1.807, 2.05) is 0 Å². The fourth-order valence-corrected chi connectivity index (χ4v) is 1.66. The first-order chi connectivity index (χ1) is 7.49. The number of ether oxygens (including phenoxy) is 1. The van der Waals surface area contributed by atoms with Gasteiger partial charge < -0.3 is 15.2 Å². The predicted octanol–water partition coefficient (Wildman–Crippen LogP) is 2.22. The number of aromatic carboxylic acids is 1. The van der Waals surface area contributed by atoms with Gasteiger partial charge in [0.15, 0.2) is 0 Å². The molecule has 0 aromatic heterocycles. The molecule has 0 fully saturated rings. The van der Waals surface area contributed by atoms with Gasteiger partial charge in [0, 0.05) is 12.0 Å². The summed E-state index contributed by atoms with van der Waals surface area (Å²) in [6, 6.07) is 5.06. The van der Waals surface area contributed by atoms with Gasteiger partial charge in [0.25, 0.3) is 0 Å². The monoisotopic (exact) mass is 221 g/mol. The van der Waals surface area contributed by atoms with Gasteiger partial charge in [-0.2, -0.15) is 0 Å². The summed E-state index contributed by atoms with van der Waals surface area (Å²) in [6.45, 7) is 5.43. The van der Waals surface area contributed by atoms with E-state index in [0.29, 0.717) is 24.6 Å². The average Bonchev–Trinajstić information content (AvgIpc) is 2.38. The van der Waals surface area contributed by atoms with Gasteiger partial charge in [0.2, 0.25) is 0 Å². The minimum Gasteiger partial charge on any atom is -0.491 e. The highest BCUT2D eigenvalue weighted by molar-refractivity contribution is 5.96. The van der Waals surface area contributed by atoms with Crippen LogP contribution in [0.5, 0.6) is 5.75 Å². The summed E-state index contributed by atoms with van der Waals surface area (Å²) in [7, 11) is 0. The Morgan fingerprint density at radius 1 is 1.50 bits per heavy atom. The summed E-state index contributed by atoms with van der Waals surface area (Å²) >= 11 is 0. The molecule has 1 aliphatic heterocycles. The van der Waals surface area contributed by atoms with E-state index in [4.69, 9.17) is 9.84 Å². The number of benzene rings is 1. The van der Waals surface area contributed by atoms with E-state index >= 15 is 0 Å². The number of carboxylic acid groups (broad SMARTS) is 1. The van der Waals surface area contributed by atoms with Crippen LogP contribution in [0.15, 0.2) is 18.2 Å². The topological polar surface area (TPSA) is 58.6 Å². The Bertz CT molecular complexity index is 426. The summed E-state index contributed by atoms with van der Waals surface area (Å²) in [5, 5.41) is 12.2. The molecule has 0 saturated heterocycles. The van der Waals surface area contributed by atoms with Crippen LogP contribution < -0.4 is 10.1 Å². The van der Waals surface area contributed by atoms with Crippen molar-refractivity contribution >= 4 is 11.7 Å². The molecule has 86 valence electrons. The third-order valence-electron chi connectivity index (χ3n) is 2.62. The van der Waals surface area contributed by atoms with Crippen LogP contribution in [0.3, 0.4) is 0 Å². The molecular weight excluding hydrogens is 206 g/mol. The molecule has 0 saturated carbocycles. The molecule has 1 aromatic rings. The lowest BCUT2D eigenvalue weighted by Crippen LogP contribution is -2.27. The molecule has 4 nitrogen and oxygen atoms in total. The van der Waals surface area contributed by atoms with Crippen molar-refractivity contribution in [1.82, 2.24) is 0 Å². The molecule has 0 bridgehead atoms. The molecule has 4 heteroatoms. The van der Waals surface area contributed by atoms with Crippen LogP contribution in [0.25, 0.3) is 0 Å². The SMILES string of the molecule is CC1(C)CNc2c(cccc2C(=O)O)OC1. The van der Waals surface area contributed by atoms with E-state index in [9.17, 15) is 4.79 Å². The van der Waals surface area contributed by atoms with Gasteiger partial charge in [-0.05, 0) is 12.1 Å². The highest BCUT2D eigenvalue weighted by atomic mass is 16.5. The van der Waals surface area contributed by atoms with E-state index < -0.39 is 5.97 Å². The highest BCUT2D eigenvalue weighted by Gasteiger charge is 2.25. The van der Waals surface area contributed by atoms with Crippen LogP contribution >= 0.6 is 0 Å². The molecule has 1 aromatic carbocycles. The van der Waals surface area contributed by atoms with Crippen LogP contribution in [0.4, 0.5) is 5.69 Å². The molecule has 1 aliphatic rings. The van der Waals surface area contributed by atoms with Gasteiger partial charge in [-0.25, -0.2) is 4.79 Å². The fraction of sp³-hybridized carbons (Fsp3) is 0.417. The number of nitrogens with one attached hydrogen (secondary N) is 1. The number of hydrogen-bond donors (Lipinski definition) is 2. The van der Waals surface area contributed by atoms with Crippen LogP contribution in [-0.4, -0.2) is 24.2 Å². The van der Waals surface area contributed by atoms with Crippen molar-refractivity contribution in [2.75, 3.05) is 18.5 Å². The second kappa shape index (κ2) is 3.70. The molecule has 0 aliphatic carbocycles. The Kier molecular flexibility index (Phi) is 2.50. The largest absolute Gasteiger partial charge is 0.491 e. The summed E-state index contributed by atoms with van der Waals surface area (Å²) in [5.74, 6) is -0.321. The molecule has 2 N–H and O–H groups in total. The van der Waals surface area contributed by atoms with Gasteiger partial charge in [-0.15, -0.1) is 0 Å². The Morgan fingerprint density at radius 3 is 2.94 bits per heavy atom. The number of carbonyl (C=O) groups is 1. The van der Waals surface area contributed by atoms with Gasteiger partial charge >= 0.3 is 5.97 Å². The summed E-state index contributed by atoms with van der Waals surface area (Å²) in [5.41, 5.74) is 0.838. The van der Waals surface area contributed by atoms with Gasteiger partial charge in [0.05, 0.1) is 17.9 Å². The second-order valence-electron chi connectivity index (χ2n) is 4.79. The van der Waals surface area contributed by atoms with E-state index in [1.54, 1.807) is 18.2 Å². The van der Waals surface area contributed by atoms with Crippen LogP contribution in [0.1, 0.15) is 24.2 Å². The molecular formula is C12H15NO3. The number of rotatable bonds is 1. The molecule has 2 rings (SSSR count). The number of carboxylic acids is 1. The molecule has 0 radical (unpaired) electrons. The predicted molar refractivity (Wildman–Crippen MR) is 61.2 cm³/mol. The minimum atomic E-state index is -0.937. The lowest BCUT2D eigenvalue weighted by Gasteiger charge is -2.20. The van der Waals surface area contributed by atoms with Crippen LogP contribution in [0.2, 0.25) is 0 Å². The maximum Gasteiger partial charge on any atom is 0.337 e. The van der Waals surface area contributed by atoms with E-state index in [0.717, 1.165) is 0 Å². The minimum absolute atomic E-state index is 0.00517. The quantitative estimate of drug-likeness (QED) is 0.763. The van der Waals surface area contributed by atoms with Gasteiger partial charge in [-0.3, -0.25) is 0 Å². The van der Waals surface area contributed by atoms with E-state index in [1.165, 1.54) is 0 Å². The van der Waals surface area contributed by atoms with Crippen molar-refractivity contribution in [2.24, 2.45) is 5.41 Å². The zero-order valence-electron chi connectivity index (χ0n) is 9.41. The lowest BCUT2D eigenvalue weighted by molar-refractivity contribution is 0.0697. The Labute approximate surface area is 94.2 Å². The smallest absolute Gasteiger partial charge is 0.337 e. The van der Waals surface area contributed by atoms with Crippen molar-refractivity contribution in [3.05, 3.63) is 23.8 Å². The molecule has 1 heterocycles. The second-order valence-corrected chi connectivity index (χ2v) is 4.79. The summed E-state index contributed by atoms with van der Waals surface area (Å²) in [6.07, 6.45) is 0. The van der Waals surface area contributed by atoms with Gasteiger partial charge in [0.1, 0.15) is 5.75 Å². The first-order valence-electron chi connectivity index (χ1n) is 5.23. The zero-order chi connectivity index (χ0) is 11.8. The number of hydrogen-bond acceptors (Lipinski definition) is 3. The maximum absolute atomic E-state index is 11.1. The molecule has 16 heavy (non-hydrogen) atoms. The summed E-state index contributed by atoms with van der Waals surface area (Å²) < 4.78 is 5.63. The standard InChI is InChI=1S/C12H15NO3/c1-12(2)6-13-10-8(11(14)15)4-3-5-9(10)16-7-12/h3-5,13H,6-7H2,1-2H3,(H,14,15). The average molecular weight is 221 g/mol. The lowest BCUT2D eigenvalue weighted by atomic mass is 9.95. The third-order valence-corrected chi connectivity index (χ3v) is 2.62. The Balaban J connectivity index is 2.42. The molecule has 0 atom stereocenters. The third kappa shape index (κ3) is 1.96. The van der Waals surface area contributed by atoms with Crippen molar-refractivity contribution in [2.45, 2.75) is 13.8 Å². The zero-order valence-corrected chi connectivity index (χ0v) is 9.41. The first-order valence-corrected chi connectivity index (χ1v) is 5.23. The van der Waals surface area contributed by atoms with Crippen molar-refractivity contribution in [1.29, 1.82) is 0 Å². The molecule has 0 unspecified atom stereocenters. The summed E-state index contributed by atoms with van der Waals surface area (Å²) in [4.78, 5) is 11.1. The van der Waals surface area contributed by atoms with E-state index in [2.05, 4.69) is 19.2 Å². The van der Waals surface area contributed by atoms with E-state index in [-0.39, 0.29) is 11.0 Å². The van der Waals surface area contributed by atoms with Gasteiger partial charge in [-0.1, -0.05) is 19.9 Å². The number of fused-ring (bicyclic) bond motifs is 1. The van der Waals surface area contributed by atoms with Crippen molar-refractivity contribution in [3.63, 3.8) is 0 Å². The Hall–Kier alpha value is -1.71.